The number of aliphatic imine (C=N–C) groups is 1. The van der Waals surface area contributed by atoms with Crippen LogP contribution in [0.1, 0.15) is 12.8 Å². The van der Waals surface area contributed by atoms with E-state index in [2.05, 4.69) is 32.7 Å². The van der Waals surface area contributed by atoms with Gasteiger partial charge in [-0.05, 0) is 18.4 Å². The second-order valence-electron chi connectivity index (χ2n) is 7.72. The third kappa shape index (κ3) is 3.63. The van der Waals surface area contributed by atoms with Crippen LogP contribution in [0.4, 0.5) is 11.8 Å². The summed E-state index contributed by atoms with van der Waals surface area (Å²) in [6.07, 6.45) is 2.23. The zero-order valence-corrected chi connectivity index (χ0v) is 16.7. The van der Waals surface area contributed by atoms with Crippen LogP contribution < -0.4 is 15.5 Å². The Bertz CT molecular complexity index is 955. The average Bonchev–Trinajstić information content (AvgIpc) is 3.48. The maximum Gasteiger partial charge on any atom is 0.228 e. The molecule has 5 rings (SSSR count). The maximum atomic E-state index is 5.43. The summed E-state index contributed by atoms with van der Waals surface area (Å²) < 4.78 is 5.43. The van der Waals surface area contributed by atoms with E-state index in [9.17, 15) is 0 Å². The van der Waals surface area contributed by atoms with E-state index in [1.165, 1.54) is 11.1 Å². The molecular formula is C22H26N6O. The van der Waals surface area contributed by atoms with E-state index < -0.39 is 0 Å². The van der Waals surface area contributed by atoms with Crippen molar-refractivity contribution in [2.45, 2.75) is 18.9 Å². The molecule has 0 amide bonds. The number of rotatable bonds is 5. The third-order valence-corrected chi connectivity index (χ3v) is 5.80. The monoisotopic (exact) mass is 390 g/mol. The van der Waals surface area contributed by atoms with Gasteiger partial charge >= 0.3 is 0 Å². The molecule has 4 heterocycles. The number of nitrogens with zero attached hydrogens (tertiary/aromatic N) is 4. The molecule has 0 spiro atoms. The van der Waals surface area contributed by atoms with Gasteiger partial charge in [0.2, 0.25) is 5.95 Å². The fourth-order valence-corrected chi connectivity index (χ4v) is 4.33. The molecule has 0 saturated carbocycles. The quantitative estimate of drug-likeness (QED) is 0.817. The molecule has 3 aliphatic rings. The van der Waals surface area contributed by atoms with E-state index in [1.807, 2.05) is 24.3 Å². The molecule has 7 heteroatoms. The van der Waals surface area contributed by atoms with Crippen molar-refractivity contribution in [1.29, 1.82) is 0 Å². The molecule has 29 heavy (non-hydrogen) atoms. The first kappa shape index (κ1) is 18.3. The van der Waals surface area contributed by atoms with Gasteiger partial charge in [0.25, 0.3) is 0 Å². The second-order valence-corrected chi connectivity index (χ2v) is 7.72. The lowest BCUT2D eigenvalue weighted by Gasteiger charge is -2.25. The predicted molar refractivity (Wildman–Crippen MR) is 116 cm³/mol. The van der Waals surface area contributed by atoms with Crippen LogP contribution in [-0.4, -0.2) is 61.7 Å². The first-order valence-corrected chi connectivity index (χ1v) is 10.3. The minimum atomic E-state index is 0.316. The Balaban J connectivity index is 1.50. The largest absolute Gasteiger partial charge is 0.383 e. The fourth-order valence-electron chi connectivity index (χ4n) is 4.33. The highest BCUT2D eigenvalue weighted by atomic mass is 16.5. The molecule has 1 atom stereocenters. The summed E-state index contributed by atoms with van der Waals surface area (Å²) in [5, 5.41) is 6.88. The Morgan fingerprint density at radius 3 is 2.97 bits per heavy atom. The Kier molecular flexibility index (Phi) is 4.99. The fraction of sp³-hybridized carbons (Fsp3) is 0.409. The summed E-state index contributed by atoms with van der Waals surface area (Å²) >= 11 is 0. The standard InChI is InChI=1S/C22H26N6O/c1-29-14-17-8-5-9-28(17)22-25-19(15-6-3-2-4-7-15)10-20(27-22)26-21-18-13-23-11-16(18)12-24-21/h2-4,6-7,10,17,23H,5,8-9,11-14H2,1H3,(H,24,25,26,27)/t17-/m0/s1. The summed E-state index contributed by atoms with van der Waals surface area (Å²) in [4.78, 5) is 16.8. The lowest BCUT2D eigenvalue weighted by atomic mass is 10.1. The smallest absolute Gasteiger partial charge is 0.228 e. The molecule has 2 N–H and O–H groups in total. The molecule has 1 fully saturated rings. The normalized spacial score (nSPS) is 20.9. The summed E-state index contributed by atoms with van der Waals surface area (Å²) in [5.41, 5.74) is 4.66. The lowest BCUT2D eigenvalue weighted by Crippen LogP contribution is -2.34. The van der Waals surface area contributed by atoms with Crippen molar-refractivity contribution >= 4 is 17.6 Å². The number of anilines is 2. The Morgan fingerprint density at radius 2 is 2.10 bits per heavy atom. The van der Waals surface area contributed by atoms with Crippen LogP contribution >= 0.6 is 0 Å². The number of ether oxygens (including phenoxy) is 1. The van der Waals surface area contributed by atoms with Gasteiger partial charge in [-0.25, -0.2) is 4.98 Å². The number of hydrogen-bond donors (Lipinski definition) is 2. The molecule has 0 aliphatic carbocycles. The van der Waals surface area contributed by atoms with Gasteiger partial charge in [0.15, 0.2) is 0 Å². The molecule has 3 aliphatic heterocycles. The minimum absolute atomic E-state index is 0.316. The van der Waals surface area contributed by atoms with Gasteiger partial charge in [-0.2, -0.15) is 4.98 Å². The van der Waals surface area contributed by atoms with Crippen molar-refractivity contribution in [1.82, 2.24) is 15.3 Å². The number of hydrogen-bond acceptors (Lipinski definition) is 7. The highest BCUT2D eigenvalue weighted by Crippen LogP contribution is 2.28. The summed E-state index contributed by atoms with van der Waals surface area (Å²) in [6.45, 7) is 4.21. The van der Waals surface area contributed by atoms with Crippen LogP contribution in [0.5, 0.6) is 0 Å². The summed E-state index contributed by atoms with van der Waals surface area (Å²) in [5.74, 6) is 2.48. The van der Waals surface area contributed by atoms with Crippen LogP contribution in [0.2, 0.25) is 0 Å². The van der Waals surface area contributed by atoms with Crippen molar-refractivity contribution in [3.63, 3.8) is 0 Å². The number of methoxy groups -OCH3 is 1. The molecular weight excluding hydrogens is 364 g/mol. The van der Waals surface area contributed by atoms with Crippen LogP contribution in [0.15, 0.2) is 52.5 Å². The van der Waals surface area contributed by atoms with Crippen molar-refractivity contribution in [2.75, 3.05) is 50.1 Å². The number of aromatic nitrogens is 2. The van der Waals surface area contributed by atoms with Gasteiger partial charge in [-0.15, -0.1) is 0 Å². The highest BCUT2D eigenvalue weighted by Gasteiger charge is 2.28. The zero-order valence-electron chi connectivity index (χ0n) is 16.7. The molecule has 150 valence electrons. The van der Waals surface area contributed by atoms with Gasteiger partial charge in [0, 0.05) is 43.9 Å². The second kappa shape index (κ2) is 7.93. The molecule has 0 radical (unpaired) electrons. The van der Waals surface area contributed by atoms with Crippen molar-refractivity contribution in [3.8, 4) is 11.3 Å². The lowest BCUT2D eigenvalue weighted by molar-refractivity contribution is 0.180. The average molecular weight is 390 g/mol. The van der Waals surface area contributed by atoms with Gasteiger partial charge in [0.1, 0.15) is 11.7 Å². The van der Waals surface area contributed by atoms with Gasteiger partial charge in [0.05, 0.1) is 24.9 Å². The van der Waals surface area contributed by atoms with Gasteiger partial charge in [-0.3, -0.25) is 4.99 Å². The van der Waals surface area contributed by atoms with Crippen molar-refractivity contribution in [2.24, 2.45) is 4.99 Å². The zero-order chi connectivity index (χ0) is 19.6. The van der Waals surface area contributed by atoms with Crippen LogP contribution in [0.25, 0.3) is 11.3 Å². The third-order valence-electron chi connectivity index (χ3n) is 5.80. The molecule has 1 aromatic heterocycles. The topological polar surface area (TPSA) is 74.7 Å². The van der Waals surface area contributed by atoms with Crippen LogP contribution in [0, 0.1) is 0 Å². The predicted octanol–water partition coefficient (Wildman–Crippen LogP) is 2.48. The number of nitrogens with one attached hydrogen (secondary N) is 2. The molecule has 2 aromatic rings. The van der Waals surface area contributed by atoms with Gasteiger partial charge < -0.3 is 20.3 Å². The van der Waals surface area contributed by atoms with Crippen molar-refractivity contribution in [3.05, 3.63) is 47.5 Å². The summed E-state index contributed by atoms with van der Waals surface area (Å²) in [6, 6.07) is 12.6. The first-order chi connectivity index (χ1) is 14.3. The van der Waals surface area contributed by atoms with Gasteiger partial charge in [-0.1, -0.05) is 30.3 Å². The Hall–Kier alpha value is -2.77. The molecule has 1 saturated heterocycles. The van der Waals surface area contributed by atoms with E-state index >= 15 is 0 Å². The van der Waals surface area contributed by atoms with E-state index in [1.54, 1.807) is 7.11 Å². The Morgan fingerprint density at radius 1 is 1.21 bits per heavy atom. The van der Waals surface area contributed by atoms with Crippen LogP contribution in [0.3, 0.4) is 0 Å². The number of benzene rings is 1. The van der Waals surface area contributed by atoms with E-state index in [0.717, 1.165) is 67.9 Å². The maximum absolute atomic E-state index is 5.43. The first-order valence-electron chi connectivity index (χ1n) is 10.3. The molecule has 7 nitrogen and oxygen atoms in total. The van der Waals surface area contributed by atoms with Crippen molar-refractivity contribution < 1.29 is 4.74 Å². The molecule has 0 unspecified atom stereocenters. The number of amidine groups is 1. The minimum Gasteiger partial charge on any atom is -0.383 e. The Labute approximate surface area is 170 Å². The van der Waals surface area contributed by atoms with E-state index in [-0.39, 0.29) is 0 Å². The van der Waals surface area contributed by atoms with E-state index in [0.29, 0.717) is 12.6 Å². The molecule has 0 bridgehead atoms. The van der Waals surface area contributed by atoms with Crippen LogP contribution in [-0.2, 0) is 4.74 Å². The van der Waals surface area contributed by atoms with E-state index in [4.69, 9.17) is 14.7 Å². The summed E-state index contributed by atoms with van der Waals surface area (Å²) in [7, 11) is 1.75. The highest BCUT2D eigenvalue weighted by molar-refractivity contribution is 6.10. The molecule has 1 aromatic carbocycles. The SMILES string of the molecule is COC[C@@H]1CCCN1c1nc(NC2=NCC3=C2CNC3)cc(-c2ccccc2)n1.